The van der Waals surface area contributed by atoms with Gasteiger partial charge in [0.25, 0.3) is 0 Å². The van der Waals surface area contributed by atoms with Crippen molar-refractivity contribution in [2.24, 2.45) is 5.92 Å². The Bertz CT molecular complexity index is 385. The van der Waals surface area contributed by atoms with E-state index in [1.165, 1.54) is 0 Å². The maximum atomic E-state index is 10.2. The van der Waals surface area contributed by atoms with Gasteiger partial charge in [-0.1, -0.05) is 19.9 Å². The summed E-state index contributed by atoms with van der Waals surface area (Å²) in [6, 6.07) is 3.85. The quantitative estimate of drug-likeness (QED) is 0.846. The minimum Gasteiger partial charge on any atom is -0.496 e. The van der Waals surface area contributed by atoms with Gasteiger partial charge in [-0.3, -0.25) is 0 Å². The Morgan fingerprint density at radius 2 is 1.71 bits per heavy atom. The molecule has 1 aromatic rings. The van der Waals surface area contributed by atoms with Gasteiger partial charge in [0, 0.05) is 5.56 Å². The number of hydrogen-bond acceptors (Lipinski definition) is 3. The molecule has 2 unspecified atom stereocenters. The van der Waals surface area contributed by atoms with Gasteiger partial charge in [0.15, 0.2) is 0 Å². The Labute approximate surface area is 103 Å². The molecule has 0 amide bonds. The van der Waals surface area contributed by atoms with Crippen LogP contribution in [0.15, 0.2) is 12.1 Å². The number of aryl methyl sites for hydroxylation is 2. The van der Waals surface area contributed by atoms with Crippen LogP contribution in [0.1, 0.15) is 36.6 Å². The smallest absolute Gasteiger partial charge is 0.125 e. The van der Waals surface area contributed by atoms with Crippen LogP contribution >= 0.6 is 0 Å². The summed E-state index contributed by atoms with van der Waals surface area (Å²) in [7, 11) is 1.58. The molecule has 1 aromatic carbocycles. The van der Waals surface area contributed by atoms with E-state index >= 15 is 0 Å². The molecule has 0 saturated carbocycles. The Morgan fingerprint density at radius 3 is 2.18 bits per heavy atom. The molecule has 0 aliphatic carbocycles. The molecule has 0 bridgehead atoms. The fourth-order valence-corrected chi connectivity index (χ4v) is 2.02. The number of aliphatic hydroxyl groups is 2. The lowest BCUT2D eigenvalue weighted by atomic mass is 9.92. The lowest BCUT2D eigenvalue weighted by Gasteiger charge is -2.24. The Balaban J connectivity index is 3.20. The Kier molecular flexibility index (Phi) is 4.54. The molecule has 0 fully saturated rings. The standard InChI is InChI=1S/C14H22O3/c1-8(2)13(15)14(16)12-10(4)6-9(3)7-11(12)17-5/h6-8,13-16H,1-5H3. The van der Waals surface area contributed by atoms with Crippen molar-refractivity contribution < 1.29 is 14.9 Å². The van der Waals surface area contributed by atoms with Gasteiger partial charge >= 0.3 is 0 Å². The van der Waals surface area contributed by atoms with E-state index < -0.39 is 12.2 Å². The zero-order valence-corrected chi connectivity index (χ0v) is 11.2. The van der Waals surface area contributed by atoms with Gasteiger partial charge in [0.2, 0.25) is 0 Å². The number of benzene rings is 1. The summed E-state index contributed by atoms with van der Waals surface area (Å²) in [5, 5.41) is 20.2. The molecule has 0 aliphatic heterocycles. The van der Waals surface area contributed by atoms with Gasteiger partial charge in [0.05, 0.1) is 13.2 Å². The van der Waals surface area contributed by atoms with E-state index in [1.807, 2.05) is 39.8 Å². The van der Waals surface area contributed by atoms with Crippen LogP contribution in [0.4, 0.5) is 0 Å². The van der Waals surface area contributed by atoms with Gasteiger partial charge in [-0.15, -0.1) is 0 Å². The summed E-state index contributed by atoms with van der Waals surface area (Å²) in [6.45, 7) is 7.65. The third-order valence-electron chi connectivity index (χ3n) is 3.02. The van der Waals surface area contributed by atoms with E-state index in [4.69, 9.17) is 4.74 Å². The van der Waals surface area contributed by atoms with Crippen molar-refractivity contribution in [1.82, 2.24) is 0 Å². The number of rotatable bonds is 4. The molecule has 17 heavy (non-hydrogen) atoms. The second-order valence-electron chi connectivity index (χ2n) is 4.88. The van der Waals surface area contributed by atoms with Crippen molar-refractivity contribution in [3.05, 3.63) is 28.8 Å². The lowest BCUT2D eigenvalue weighted by Crippen LogP contribution is -2.25. The highest BCUT2D eigenvalue weighted by atomic mass is 16.5. The van der Waals surface area contributed by atoms with Gasteiger partial charge in [-0.05, 0) is 37.0 Å². The average molecular weight is 238 g/mol. The zero-order chi connectivity index (χ0) is 13.2. The van der Waals surface area contributed by atoms with E-state index in [0.717, 1.165) is 11.1 Å². The van der Waals surface area contributed by atoms with Gasteiger partial charge < -0.3 is 14.9 Å². The van der Waals surface area contributed by atoms with Crippen LogP contribution in [0.3, 0.4) is 0 Å². The largest absolute Gasteiger partial charge is 0.496 e. The van der Waals surface area contributed by atoms with Crippen molar-refractivity contribution in [3.63, 3.8) is 0 Å². The van der Waals surface area contributed by atoms with Gasteiger partial charge in [-0.25, -0.2) is 0 Å². The van der Waals surface area contributed by atoms with Crippen LogP contribution in [-0.2, 0) is 0 Å². The minimum absolute atomic E-state index is 0.00425. The third kappa shape index (κ3) is 2.99. The summed E-state index contributed by atoms with van der Waals surface area (Å²) in [6.07, 6.45) is -1.70. The van der Waals surface area contributed by atoms with Crippen molar-refractivity contribution in [2.75, 3.05) is 7.11 Å². The molecule has 0 radical (unpaired) electrons. The highest BCUT2D eigenvalue weighted by molar-refractivity contribution is 5.44. The predicted molar refractivity (Wildman–Crippen MR) is 68.3 cm³/mol. The van der Waals surface area contributed by atoms with Crippen LogP contribution < -0.4 is 4.74 Å². The van der Waals surface area contributed by atoms with Crippen molar-refractivity contribution in [2.45, 2.75) is 39.9 Å². The molecule has 1 rings (SSSR count). The summed E-state index contributed by atoms with van der Waals surface area (Å²) >= 11 is 0. The molecule has 96 valence electrons. The number of hydrogen-bond donors (Lipinski definition) is 2. The monoisotopic (exact) mass is 238 g/mol. The molecule has 0 spiro atoms. The second-order valence-corrected chi connectivity index (χ2v) is 4.88. The lowest BCUT2D eigenvalue weighted by molar-refractivity contribution is -0.0108. The summed E-state index contributed by atoms with van der Waals surface area (Å²) in [4.78, 5) is 0. The number of ether oxygens (including phenoxy) is 1. The molecule has 0 aliphatic rings. The fourth-order valence-electron chi connectivity index (χ4n) is 2.02. The van der Waals surface area contributed by atoms with E-state index in [9.17, 15) is 10.2 Å². The van der Waals surface area contributed by atoms with E-state index in [0.29, 0.717) is 11.3 Å². The average Bonchev–Trinajstić information content (AvgIpc) is 2.25. The molecule has 3 nitrogen and oxygen atoms in total. The Hall–Kier alpha value is -1.06. The second kappa shape index (κ2) is 5.52. The first kappa shape index (κ1) is 14.0. The summed E-state index contributed by atoms with van der Waals surface area (Å²) < 4.78 is 5.29. The number of aliphatic hydroxyl groups excluding tert-OH is 2. The summed E-state index contributed by atoms with van der Waals surface area (Å²) in [5.74, 6) is 0.630. The van der Waals surface area contributed by atoms with Crippen molar-refractivity contribution >= 4 is 0 Å². The highest BCUT2D eigenvalue weighted by Gasteiger charge is 2.26. The van der Waals surface area contributed by atoms with Crippen molar-refractivity contribution in [1.29, 1.82) is 0 Å². The molecule has 0 saturated heterocycles. The minimum atomic E-state index is -0.912. The first-order valence-electron chi connectivity index (χ1n) is 5.89. The normalized spacial score (nSPS) is 14.8. The SMILES string of the molecule is COc1cc(C)cc(C)c1C(O)C(O)C(C)C. The van der Waals surface area contributed by atoms with E-state index in [1.54, 1.807) is 7.11 Å². The van der Waals surface area contributed by atoms with Crippen LogP contribution in [0.5, 0.6) is 5.75 Å². The third-order valence-corrected chi connectivity index (χ3v) is 3.02. The molecule has 3 heteroatoms. The van der Waals surface area contributed by atoms with Gasteiger partial charge in [0.1, 0.15) is 11.9 Å². The predicted octanol–water partition coefficient (Wildman–Crippen LogP) is 2.36. The zero-order valence-electron chi connectivity index (χ0n) is 11.2. The van der Waals surface area contributed by atoms with Crippen molar-refractivity contribution in [3.8, 4) is 5.75 Å². The number of methoxy groups -OCH3 is 1. The molecule has 2 N–H and O–H groups in total. The van der Waals surface area contributed by atoms with Crippen LogP contribution in [-0.4, -0.2) is 23.4 Å². The van der Waals surface area contributed by atoms with Crippen LogP contribution in [0.25, 0.3) is 0 Å². The van der Waals surface area contributed by atoms with Crippen LogP contribution in [0, 0.1) is 19.8 Å². The first-order valence-corrected chi connectivity index (χ1v) is 5.89. The molecule has 0 heterocycles. The molecular formula is C14H22O3. The maximum Gasteiger partial charge on any atom is 0.125 e. The topological polar surface area (TPSA) is 49.7 Å². The molecular weight excluding hydrogens is 216 g/mol. The van der Waals surface area contributed by atoms with E-state index in [-0.39, 0.29) is 5.92 Å². The highest BCUT2D eigenvalue weighted by Crippen LogP contribution is 2.33. The summed E-state index contributed by atoms with van der Waals surface area (Å²) in [5.41, 5.74) is 2.70. The molecule has 0 aromatic heterocycles. The molecule has 2 atom stereocenters. The van der Waals surface area contributed by atoms with Gasteiger partial charge in [-0.2, -0.15) is 0 Å². The first-order chi connectivity index (χ1) is 7.88. The van der Waals surface area contributed by atoms with E-state index in [2.05, 4.69) is 0 Å². The fraction of sp³-hybridized carbons (Fsp3) is 0.571. The Morgan fingerprint density at radius 1 is 1.12 bits per heavy atom. The maximum absolute atomic E-state index is 10.2. The van der Waals surface area contributed by atoms with Crippen LogP contribution in [0.2, 0.25) is 0 Å².